The van der Waals surface area contributed by atoms with Gasteiger partial charge in [-0.05, 0) is 42.3 Å². The quantitative estimate of drug-likeness (QED) is 0.784. The van der Waals surface area contributed by atoms with Crippen molar-refractivity contribution in [3.63, 3.8) is 0 Å². The van der Waals surface area contributed by atoms with E-state index in [1.165, 1.54) is 0 Å². The minimum Gasteiger partial charge on any atom is -0.296 e. The topological polar surface area (TPSA) is 30.0 Å². The minimum atomic E-state index is 0.470. The van der Waals surface area contributed by atoms with E-state index in [0.717, 1.165) is 27.6 Å². The van der Waals surface area contributed by atoms with E-state index in [1.54, 1.807) is 6.07 Å². The van der Waals surface area contributed by atoms with E-state index in [4.69, 9.17) is 0 Å². The zero-order valence-corrected chi connectivity index (χ0v) is 10.4. The Morgan fingerprint density at radius 2 is 1.81 bits per heavy atom. The molecule has 0 aliphatic rings. The Morgan fingerprint density at radius 1 is 1.12 bits per heavy atom. The number of halogens is 1. The molecule has 0 aliphatic carbocycles. The third-order valence-electron chi connectivity index (χ3n) is 2.27. The number of aryl methyl sites for hydroxylation is 1. The van der Waals surface area contributed by atoms with Crippen LogP contribution >= 0.6 is 15.9 Å². The maximum atomic E-state index is 10.7. The Balaban J connectivity index is 2.51. The van der Waals surface area contributed by atoms with Crippen LogP contribution in [0.25, 0.3) is 11.1 Å². The fourth-order valence-electron chi connectivity index (χ4n) is 1.56. The van der Waals surface area contributed by atoms with Crippen LogP contribution in [0.5, 0.6) is 0 Å². The van der Waals surface area contributed by atoms with Crippen molar-refractivity contribution in [1.29, 1.82) is 0 Å². The fraction of sp³-hybridized carbons (Fsp3) is 0.0769. The minimum absolute atomic E-state index is 0.470. The van der Waals surface area contributed by atoms with E-state index < -0.39 is 0 Å². The lowest BCUT2D eigenvalue weighted by molar-refractivity contribution is 0.111. The monoisotopic (exact) mass is 275 g/mol. The summed E-state index contributed by atoms with van der Waals surface area (Å²) in [4.78, 5) is 14.8. The van der Waals surface area contributed by atoms with Crippen LogP contribution < -0.4 is 0 Å². The highest BCUT2D eigenvalue weighted by atomic mass is 79.9. The van der Waals surface area contributed by atoms with Gasteiger partial charge >= 0.3 is 0 Å². The summed E-state index contributed by atoms with van der Waals surface area (Å²) in [5.74, 6) is 0. The summed E-state index contributed by atoms with van der Waals surface area (Å²) < 4.78 is 1.04. The molecule has 2 rings (SSSR count). The lowest BCUT2D eigenvalue weighted by Crippen LogP contribution is -1.91. The maximum absolute atomic E-state index is 10.7. The number of carbonyl (C=O) groups is 1. The summed E-state index contributed by atoms with van der Waals surface area (Å²) in [5.41, 5.74) is 3.42. The van der Waals surface area contributed by atoms with Gasteiger partial charge in [-0.25, -0.2) is 0 Å². The van der Waals surface area contributed by atoms with Gasteiger partial charge in [-0.1, -0.05) is 28.1 Å². The molecule has 0 fully saturated rings. The van der Waals surface area contributed by atoms with Crippen LogP contribution in [0.15, 0.2) is 40.9 Å². The Bertz CT molecular complexity index is 520. The Labute approximate surface area is 102 Å². The van der Waals surface area contributed by atoms with Crippen molar-refractivity contribution in [2.75, 3.05) is 0 Å². The van der Waals surface area contributed by atoms with Gasteiger partial charge in [0.1, 0.15) is 5.69 Å². The molecule has 0 radical (unpaired) electrons. The SMILES string of the molecule is Cc1cc(-c2ccc(Br)cc2)cc(C=O)n1. The molecule has 1 aromatic carbocycles. The second-order valence-electron chi connectivity index (χ2n) is 3.55. The molecule has 0 spiro atoms. The van der Waals surface area contributed by atoms with Crippen LogP contribution in [-0.2, 0) is 0 Å². The van der Waals surface area contributed by atoms with Gasteiger partial charge in [0.2, 0.25) is 0 Å². The summed E-state index contributed by atoms with van der Waals surface area (Å²) in [6.45, 7) is 1.88. The summed E-state index contributed by atoms with van der Waals surface area (Å²) >= 11 is 3.39. The van der Waals surface area contributed by atoms with Crippen molar-refractivity contribution in [1.82, 2.24) is 4.98 Å². The first-order valence-electron chi connectivity index (χ1n) is 4.89. The van der Waals surface area contributed by atoms with E-state index in [1.807, 2.05) is 37.3 Å². The normalized spacial score (nSPS) is 10.1. The van der Waals surface area contributed by atoms with Gasteiger partial charge in [0, 0.05) is 10.2 Å². The highest BCUT2D eigenvalue weighted by molar-refractivity contribution is 9.10. The summed E-state index contributed by atoms with van der Waals surface area (Å²) in [6, 6.07) is 11.7. The van der Waals surface area contributed by atoms with E-state index in [-0.39, 0.29) is 0 Å². The van der Waals surface area contributed by atoms with Crippen LogP contribution in [0.3, 0.4) is 0 Å². The number of nitrogens with zero attached hydrogens (tertiary/aromatic N) is 1. The van der Waals surface area contributed by atoms with Crippen LogP contribution in [0.1, 0.15) is 16.2 Å². The van der Waals surface area contributed by atoms with E-state index in [2.05, 4.69) is 20.9 Å². The smallest absolute Gasteiger partial charge is 0.168 e. The highest BCUT2D eigenvalue weighted by Crippen LogP contribution is 2.22. The van der Waals surface area contributed by atoms with Gasteiger partial charge in [-0.3, -0.25) is 9.78 Å². The molecule has 0 atom stereocenters. The third kappa shape index (κ3) is 2.36. The summed E-state index contributed by atoms with van der Waals surface area (Å²) in [5, 5.41) is 0. The molecule has 3 heteroatoms. The van der Waals surface area contributed by atoms with E-state index in [9.17, 15) is 4.79 Å². The average molecular weight is 276 g/mol. The van der Waals surface area contributed by atoms with Crippen LogP contribution in [-0.4, -0.2) is 11.3 Å². The molecule has 0 aliphatic heterocycles. The number of hydrogen-bond acceptors (Lipinski definition) is 2. The average Bonchev–Trinajstić information content (AvgIpc) is 2.29. The molecular formula is C13H10BrNO. The number of benzene rings is 1. The number of hydrogen-bond donors (Lipinski definition) is 0. The molecular weight excluding hydrogens is 266 g/mol. The maximum Gasteiger partial charge on any atom is 0.168 e. The molecule has 0 saturated heterocycles. The Morgan fingerprint density at radius 3 is 2.44 bits per heavy atom. The molecule has 0 amide bonds. The fourth-order valence-corrected chi connectivity index (χ4v) is 1.83. The van der Waals surface area contributed by atoms with Crippen molar-refractivity contribution in [2.24, 2.45) is 0 Å². The first-order chi connectivity index (χ1) is 7.69. The van der Waals surface area contributed by atoms with Gasteiger partial charge in [-0.15, -0.1) is 0 Å². The standard InChI is InChI=1S/C13H10BrNO/c1-9-6-11(7-13(8-16)15-9)10-2-4-12(14)5-3-10/h2-8H,1H3. The largest absolute Gasteiger partial charge is 0.296 e. The van der Waals surface area contributed by atoms with E-state index in [0.29, 0.717) is 5.69 Å². The van der Waals surface area contributed by atoms with E-state index >= 15 is 0 Å². The number of rotatable bonds is 2. The van der Waals surface area contributed by atoms with Crippen LogP contribution in [0, 0.1) is 6.92 Å². The molecule has 1 aromatic heterocycles. The van der Waals surface area contributed by atoms with Gasteiger partial charge in [0.25, 0.3) is 0 Å². The molecule has 80 valence electrons. The van der Waals surface area contributed by atoms with Crippen LogP contribution in [0.2, 0.25) is 0 Å². The van der Waals surface area contributed by atoms with Crippen molar-refractivity contribution >= 4 is 22.2 Å². The lowest BCUT2D eigenvalue weighted by Gasteiger charge is -2.04. The molecule has 0 N–H and O–H groups in total. The Kier molecular flexibility index (Phi) is 3.15. The van der Waals surface area contributed by atoms with Crippen molar-refractivity contribution < 1.29 is 4.79 Å². The first kappa shape index (κ1) is 11.0. The molecule has 2 aromatic rings. The lowest BCUT2D eigenvalue weighted by atomic mass is 10.1. The molecule has 1 heterocycles. The zero-order valence-electron chi connectivity index (χ0n) is 8.77. The molecule has 2 nitrogen and oxygen atoms in total. The van der Waals surface area contributed by atoms with Crippen molar-refractivity contribution in [2.45, 2.75) is 6.92 Å². The van der Waals surface area contributed by atoms with Gasteiger partial charge in [-0.2, -0.15) is 0 Å². The predicted octanol–water partition coefficient (Wildman–Crippen LogP) is 3.63. The van der Waals surface area contributed by atoms with Gasteiger partial charge < -0.3 is 0 Å². The van der Waals surface area contributed by atoms with Crippen molar-refractivity contribution in [3.05, 3.63) is 52.3 Å². The zero-order chi connectivity index (χ0) is 11.5. The third-order valence-corrected chi connectivity index (χ3v) is 2.80. The Hall–Kier alpha value is -1.48. The molecule has 0 unspecified atom stereocenters. The summed E-state index contributed by atoms with van der Waals surface area (Å²) in [6.07, 6.45) is 0.773. The number of carbonyl (C=O) groups excluding carboxylic acids is 1. The number of pyridine rings is 1. The molecule has 16 heavy (non-hydrogen) atoms. The second kappa shape index (κ2) is 4.58. The number of aromatic nitrogens is 1. The van der Waals surface area contributed by atoms with Crippen LogP contribution in [0.4, 0.5) is 0 Å². The van der Waals surface area contributed by atoms with Gasteiger partial charge in [0.15, 0.2) is 6.29 Å². The second-order valence-corrected chi connectivity index (χ2v) is 4.46. The predicted molar refractivity (Wildman–Crippen MR) is 67.5 cm³/mol. The number of aldehydes is 1. The first-order valence-corrected chi connectivity index (χ1v) is 5.68. The van der Waals surface area contributed by atoms with Crippen molar-refractivity contribution in [3.8, 4) is 11.1 Å². The molecule has 0 saturated carbocycles. The highest BCUT2D eigenvalue weighted by Gasteiger charge is 2.02. The van der Waals surface area contributed by atoms with Gasteiger partial charge in [0.05, 0.1) is 0 Å². The summed E-state index contributed by atoms with van der Waals surface area (Å²) in [7, 11) is 0. The molecule has 0 bridgehead atoms.